The summed E-state index contributed by atoms with van der Waals surface area (Å²) in [6.07, 6.45) is -4.46. The van der Waals surface area contributed by atoms with E-state index in [0.717, 1.165) is 24.3 Å². The molecule has 0 aliphatic rings. The van der Waals surface area contributed by atoms with Crippen molar-refractivity contribution in [1.82, 2.24) is 10.6 Å². The van der Waals surface area contributed by atoms with Crippen molar-refractivity contribution in [2.24, 2.45) is 0 Å². The van der Waals surface area contributed by atoms with Crippen LogP contribution in [0, 0.1) is 0 Å². The molecule has 0 bridgehead atoms. The molecular formula is C17H13Cl2F3N2O2. The van der Waals surface area contributed by atoms with Crippen LogP contribution in [0.15, 0.2) is 42.5 Å². The Balaban J connectivity index is 1.83. The van der Waals surface area contributed by atoms with E-state index < -0.39 is 23.6 Å². The van der Waals surface area contributed by atoms with Gasteiger partial charge in [-0.25, -0.2) is 0 Å². The van der Waals surface area contributed by atoms with Gasteiger partial charge < -0.3 is 10.6 Å². The summed E-state index contributed by atoms with van der Waals surface area (Å²) in [6, 6.07) is 8.29. The van der Waals surface area contributed by atoms with Crippen LogP contribution in [-0.4, -0.2) is 24.9 Å². The van der Waals surface area contributed by atoms with Gasteiger partial charge in [0, 0.05) is 23.7 Å². The van der Waals surface area contributed by atoms with E-state index in [4.69, 9.17) is 23.2 Å². The Morgan fingerprint density at radius 3 is 2.04 bits per heavy atom. The van der Waals surface area contributed by atoms with Crippen molar-refractivity contribution in [2.45, 2.75) is 6.18 Å². The van der Waals surface area contributed by atoms with Crippen LogP contribution in [-0.2, 0) is 6.18 Å². The molecule has 4 nitrogen and oxygen atoms in total. The lowest BCUT2D eigenvalue weighted by molar-refractivity contribution is -0.137. The van der Waals surface area contributed by atoms with Gasteiger partial charge in [-0.3, -0.25) is 9.59 Å². The summed E-state index contributed by atoms with van der Waals surface area (Å²) in [5, 5.41) is 5.65. The van der Waals surface area contributed by atoms with Gasteiger partial charge in [0.1, 0.15) is 0 Å². The minimum atomic E-state index is -4.46. The standard InChI is InChI=1S/C17H13Cl2F3N2O2/c18-12-5-6-14(19)13(9-12)16(26)24-8-7-23-15(25)10-1-3-11(4-2-10)17(20,21)22/h1-6,9H,7-8H2,(H,23,25)(H,24,26). The fourth-order valence-electron chi connectivity index (χ4n) is 2.03. The molecule has 9 heteroatoms. The van der Waals surface area contributed by atoms with Crippen LogP contribution in [0.2, 0.25) is 10.0 Å². The van der Waals surface area contributed by atoms with Crippen molar-refractivity contribution in [2.75, 3.05) is 13.1 Å². The molecule has 0 heterocycles. The second-order valence-corrected chi connectivity index (χ2v) is 6.05. The SMILES string of the molecule is O=C(NCCNC(=O)c1cc(Cl)ccc1Cl)c1ccc(C(F)(F)F)cc1. The first kappa shape index (κ1) is 20.1. The lowest BCUT2D eigenvalue weighted by Crippen LogP contribution is -2.34. The number of amides is 2. The molecule has 2 aromatic rings. The number of benzene rings is 2. The van der Waals surface area contributed by atoms with Crippen molar-refractivity contribution in [3.63, 3.8) is 0 Å². The lowest BCUT2D eigenvalue weighted by atomic mass is 10.1. The summed E-state index contributed by atoms with van der Waals surface area (Å²) in [5.74, 6) is -1.00. The van der Waals surface area contributed by atoms with Crippen LogP contribution in [0.3, 0.4) is 0 Å². The van der Waals surface area contributed by atoms with Gasteiger partial charge in [0.25, 0.3) is 11.8 Å². The van der Waals surface area contributed by atoms with Crippen molar-refractivity contribution in [1.29, 1.82) is 0 Å². The van der Waals surface area contributed by atoms with Crippen LogP contribution in [0.1, 0.15) is 26.3 Å². The van der Waals surface area contributed by atoms with E-state index in [1.54, 1.807) is 6.07 Å². The smallest absolute Gasteiger partial charge is 0.350 e. The van der Waals surface area contributed by atoms with Gasteiger partial charge in [0.05, 0.1) is 16.1 Å². The second kappa shape index (κ2) is 8.42. The number of alkyl halides is 3. The summed E-state index contributed by atoms with van der Waals surface area (Å²) in [5.41, 5.74) is -0.546. The average molecular weight is 405 g/mol. The Morgan fingerprint density at radius 1 is 0.885 bits per heavy atom. The summed E-state index contributed by atoms with van der Waals surface area (Å²) < 4.78 is 37.4. The highest BCUT2D eigenvalue weighted by Crippen LogP contribution is 2.29. The summed E-state index contributed by atoms with van der Waals surface area (Å²) in [4.78, 5) is 23.9. The maximum Gasteiger partial charge on any atom is 0.416 e. The van der Waals surface area contributed by atoms with Crippen molar-refractivity contribution in [3.05, 3.63) is 69.2 Å². The van der Waals surface area contributed by atoms with E-state index in [1.165, 1.54) is 12.1 Å². The first-order chi connectivity index (χ1) is 12.2. The molecule has 2 amide bonds. The number of rotatable bonds is 5. The largest absolute Gasteiger partial charge is 0.416 e. The highest BCUT2D eigenvalue weighted by Gasteiger charge is 2.30. The fourth-order valence-corrected chi connectivity index (χ4v) is 2.41. The molecule has 0 aliphatic heterocycles. The normalized spacial score (nSPS) is 11.1. The Bertz CT molecular complexity index is 809. The van der Waals surface area contributed by atoms with E-state index >= 15 is 0 Å². The van der Waals surface area contributed by atoms with Crippen LogP contribution < -0.4 is 10.6 Å². The maximum atomic E-state index is 12.5. The summed E-state index contributed by atoms with van der Waals surface area (Å²) in [7, 11) is 0. The topological polar surface area (TPSA) is 58.2 Å². The number of carbonyl (C=O) groups is 2. The van der Waals surface area contributed by atoms with Crippen molar-refractivity contribution in [3.8, 4) is 0 Å². The molecule has 2 rings (SSSR count). The fraction of sp³-hybridized carbons (Fsp3) is 0.176. The highest BCUT2D eigenvalue weighted by molar-refractivity contribution is 6.35. The average Bonchev–Trinajstić information content (AvgIpc) is 2.59. The second-order valence-electron chi connectivity index (χ2n) is 5.21. The van der Waals surface area contributed by atoms with Gasteiger partial charge in [-0.15, -0.1) is 0 Å². The zero-order valence-electron chi connectivity index (χ0n) is 13.2. The third-order valence-corrected chi connectivity index (χ3v) is 3.91. The van der Waals surface area contributed by atoms with E-state index in [0.29, 0.717) is 5.02 Å². The third-order valence-electron chi connectivity index (χ3n) is 3.34. The Morgan fingerprint density at radius 2 is 1.46 bits per heavy atom. The van der Waals surface area contributed by atoms with Crippen molar-refractivity contribution >= 4 is 35.0 Å². The molecule has 0 unspecified atom stereocenters. The minimum absolute atomic E-state index is 0.0854. The van der Waals surface area contributed by atoms with Gasteiger partial charge in [0.15, 0.2) is 0 Å². The lowest BCUT2D eigenvalue weighted by Gasteiger charge is -2.10. The molecule has 0 aliphatic carbocycles. The summed E-state index contributed by atoms with van der Waals surface area (Å²) in [6.45, 7) is 0.192. The predicted molar refractivity (Wildman–Crippen MR) is 92.6 cm³/mol. The molecule has 0 spiro atoms. The molecule has 0 aromatic heterocycles. The molecule has 0 saturated heterocycles. The zero-order chi connectivity index (χ0) is 19.3. The molecule has 2 aromatic carbocycles. The van der Waals surface area contributed by atoms with Crippen LogP contribution >= 0.6 is 23.2 Å². The van der Waals surface area contributed by atoms with E-state index in [2.05, 4.69) is 10.6 Å². The van der Waals surface area contributed by atoms with Gasteiger partial charge in [-0.1, -0.05) is 23.2 Å². The molecule has 0 radical (unpaired) electrons. The van der Waals surface area contributed by atoms with Gasteiger partial charge >= 0.3 is 6.18 Å². The van der Waals surface area contributed by atoms with E-state index in [9.17, 15) is 22.8 Å². The summed E-state index contributed by atoms with van der Waals surface area (Å²) >= 11 is 11.7. The third kappa shape index (κ3) is 5.37. The first-order valence-corrected chi connectivity index (χ1v) is 8.13. The molecular weight excluding hydrogens is 392 g/mol. The number of hydrogen-bond acceptors (Lipinski definition) is 2. The zero-order valence-corrected chi connectivity index (χ0v) is 14.7. The van der Waals surface area contributed by atoms with E-state index in [1.807, 2.05) is 0 Å². The quantitative estimate of drug-likeness (QED) is 0.734. The molecule has 138 valence electrons. The Hall–Kier alpha value is -2.25. The first-order valence-electron chi connectivity index (χ1n) is 7.37. The number of nitrogens with one attached hydrogen (secondary N) is 2. The van der Waals surface area contributed by atoms with Crippen LogP contribution in [0.5, 0.6) is 0 Å². The molecule has 0 atom stereocenters. The predicted octanol–water partition coefficient (Wildman–Crippen LogP) is 4.17. The number of halogens is 5. The number of carbonyl (C=O) groups excluding carboxylic acids is 2. The molecule has 2 N–H and O–H groups in total. The minimum Gasteiger partial charge on any atom is -0.350 e. The van der Waals surface area contributed by atoms with Crippen LogP contribution in [0.4, 0.5) is 13.2 Å². The number of hydrogen-bond donors (Lipinski definition) is 2. The van der Waals surface area contributed by atoms with Gasteiger partial charge in [-0.05, 0) is 42.5 Å². The molecule has 26 heavy (non-hydrogen) atoms. The van der Waals surface area contributed by atoms with Gasteiger partial charge in [-0.2, -0.15) is 13.2 Å². The Labute approximate surface area is 157 Å². The van der Waals surface area contributed by atoms with Crippen LogP contribution in [0.25, 0.3) is 0 Å². The van der Waals surface area contributed by atoms with Crippen molar-refractivity contribution < 1.29 is 22.8 Å². The van der Waals surface area contributed by atoms with E-state index in [-0.39, 0.29) is 29.2 Å². The Kier molecular flexibility index (Phi) is 6.50. The van der Waals surface area contributed by atoms with Gasteiger partial charge in [0.2, 0.25) is 0 Å². The maximum absolute atomic E-state index is 12.5. The molecule has 0 fully saturated rings. The monoisotopic (exact) mass is 404 g/mol. The highest BCUT2D eigenvalue weighted by atomic mass is 35.5. The molecule has 0 saturated carbocycles.